The lowest BCUT2D eigenvalue weighted by Gasteiger charge is -2.40. The minimum Gasteiger partial charge on any atom is -0.465 e. The quantitative estimate of drug-likeness (QED) is 0.614. The number of hydrogen-bond donors (Lipinski definition) is 3. The van der Waals surface area contributed by atoms with E-state index in [1.807, 2.05) is 38.1 Å². The molecule has 2 aromatic rings. The molecule has 182 valence electrons. The molecule has 3 amide bonds. The molecule has 2 aliphatic rings. The molecule has 1 fully saturated rings. The number of amides is 3. The largest absolute Gasteiger partial charge is 0.465 e. The van der Waals surface area contributed by atoms with Gasteiger partial charge in [0.25, 0.3) is 0 Å². The fraction of sp³-hybridized carbons (Fsp3) is 0.500. The molecule has 0 aliphatic carbocycles. The Morgan fingerprint density at radius 1 is 1.18 bits per heavy atom. The van der Waals surface area contributed by atoms with E-state index in [2.05, 4.69) is 22.5 Å². The van der Waals surface area contributed by atoms with Crippen molar-refractivity contribution in [2.45, 2.75) is 45.7 Å². The second-order valence-corrected chi connectivity index (χ2v) is 8.56. The highest BCUT2D eigenvalue weighted by Gasteiger charge is 2.36. The van der Waals surface area contributed by atoms with Gasteiger partial charge in [-0.3, -0.25) is 0 Å². The maximum Gasteiger partial charge on any atom is 0.407 e. The Balaban J connectivity index is 1.75. The number of nitrogens with one attached hydrogen (secondary N) is 2. The van der Waals surface area contributed by atoms with Crippen molar-refractivity contribution in [3.05, 3.63) is 35.5 Å². The molecule has 4 rings (SSSR count). The van der Waals surface area contributed by atoms with Crippen LogP contribution in [0.4, 0.5) is 21.1 Å². The summed E-state index contributed by atoms with van der Waals surface area (Å²) in [5.74, 6) is 1.38. The second-order valence-electron chi connectivity index (χ2n) is 8.56. The molecule has 0 spiro atoms. The van der Waals surface area contributed by atoms with Crippen LogP contribution in [0.25, 0.3) is 11.4 Å². The maximum atomic E-state index is 11.9. The van der Waals surface area contributed by atoms with E-state index in [9.17, 15) is 14.7 Å². The van der Waals surface area contributed by atoms with E-state index in [0.29, 0.717) is 57.2 Å². The van der Waals surface area contributed by atoms with Crippen molar-refractivity contribution >= 4 is 23.6 Å². The van der Waals surface area contributed by atoms with E-state index >= 15 is 0 Å². The van der Waals surface area contributed by atoms with Crippen molar-refractivity contribution in [2.75, 3.05) is 43.1 Å². The van der Waals surface area contributed by atoms with Crippen LogP contribution in [-0.4, -0.2) is 71.0 Å². The third kappa shape index (κ3) is 4.77. The van der Waals surface area contributed by atoms with Crippen molar-refractivity contribution in [3.8, 4) is 11.4 Å². The van der Waals surface area contributed by atoms with Crippen molar-refractivity contribution < 1.29 is 19.4 Å². The highest BCUT2D eigenvalue weighted by atomic mass is 16.5. The molecule has 3 heterocycles. The number of carbonyl (C=O) groups is 2. The molecule has 1 saturated heterocycles. The third-order valence-corrected chi connectivity index (χ3v) is 6.31. The average molecular weight is 469 g/mol. The van der Waals surface area contributed by atoms with Gasteiger partial charge in [-0.25, -0.2) is 19.6 Å². The number of carboxylic acid groups (broad SMARTS) is 1. The molecule has 10 nitrogen and oxygen atoms in total. The Morgan fingerprint density at radius 2 is 1.94 bits per heavy atom. The number of carbonyl (C=O) groups excluding carboxylic acids is 1. The van der Waals surface area contributed by atoms with Gasteiger partial charge in [-0.1, -0.05) is 6.92 Å². The van der Waals surface area contributed by atoms with Crippen LogP contribution in [0.2, 0.25) is 0 Å². The van der Waals surface area contributed by atoms with Crippen LogP contribution in [0.5, 0.6) is 0 Å². The molecule has 1 aromatic carbocycles. The summed E-state index contributed by atoms with van der Waals surface area (Å²) in [6, 6.07) is 7.00. The van der Waals surface area contributed by atoms with Gasteiger partial charge in [-0.05, 0) is 44.5 Å². The number of fused-ring (bicyclic) bond motifs is 1. The zero-order chi connectivity index (χ0) is 24.2. The third-order valence-electron chi connectivity index (χ3n) is 6.31. The lowest BCUT2D eigenvalue weighted by atomic mass is 9.94. The van der Waals surface area contributed by atoms with Gasteiger partial charge < -0.3 is 30.3 Å². The minimum atomic E-state index is -0.919. The average Bonchev–Trinajstić information content (AvgIpc) is 2.83. The van der Waals surface area contributed by atoms with E-state index in [4.69, 9.17) is 14.7 Å². The molecule has 1 unspecified atom stereocenters. The van der Waals surface area contributed by atoms with Crippen LogP contribution in [0.3, 0.4) is 0 Å². The van der Waals surface area contributed by atoms with E-state index in [1.54, 1.807) is 0 Å². The number of nitrogens with zero attached hydrogens (tertiary/aromatic N) is 4. The van der Waals surface area contributed by atoms with Gasteiger partial charge in [-0.15, -0.1) is 0 Å². The summed E-state index contributed by atoms with van der Waals surface area (Å²) in [5.41, 5.74) is 3.31. The standard InChI is InChI=1S/C24H32N6O4/c1-4-19-20-18(10-11-30(19)24(32)33)27-21(28-22(20)29-12-13-34-14-15(29)3)16-6-8-17(9-7-16)26-23(31)25-5-2/h6-9,15,19H,4-5,10-14H2,1-3H3,(H,32,33)(H2,25,26,31)/t15?,19-/m0/s1. The summed E-state index contributed by atoms with van der Waals surface area (Å²) in [7, 11) is 0. The summed E-state index contributed by atoms with van der Waals surface area (Å²) < 4.78 is 5.64. The topological polar surface area (TPSA) is 120 Å². The van der Waals surface area contributed by atoms with Gasteiger partial charge in [0.1, 0.15) is 5.82 Å². The predicted octanol–water partition coefficient (Wildman–Crippen LogP) is 3.50. The van der Waals surface area contributed by atoms with Crippen molar-refractivity contribution in [2.24, 2.45) is 0 Å². The van der Waals surface area contributed by atoms with E-state index < -0.39 is 6.09 Å². The number of benzene rings is 1. The SMILES string of the molecule is CCNC(=O)Nc1ccc(-c2nc3c(c(N4CCOCC4C)n2)[C@H](CC)N(C(=O)O)CC3)cc1. The number of urea groups is 1. The lowest BCUT2D eigenvalue weighted by Crippen LogP contribution is -2.47. The van der Waals surface area contributed by atoms with Crippen LogP contribution in [0.15, 0.2) is 24.3 Å². The smallest absolute Gasteiger partial charge is 0.407 e. The maximum absolute atomic E-state index is 11.9. The summed E-state index contributed by atoms with van der Waals surface area (Å²) in [5, 5.41) is 15.3. The molecule has 3 N–H and O–H groups in total. The minimum absolute atomic E-state index is 0.113. The normalized spacial score (nSPS) is 20.0. The highest BCUT2D eigenvalue weighted by Crippen LogP contribution is 2.39. The molecular weight excluding hydrogens is 436 g/mol. The second kappa shape index (κ2) is 10.3. The Kier molecular flexibility index (Phi) is 7.16. The highest BCUT2D eigenvalue weighted by molar-refractivity contribution is 5.89. The fourth-order valence-corrected chi connectivity index (χ4v) is 4.65. The van der Waals surface area contributed by atoms with Crippen LogP contribution < -0.4 is 15.5 Å². The summed E-state index contributed by atoms with van der Waals surface area (Å²) >= 11 is 0. The molecule has 10 heteroatoms. The molecule has 1 aromatic heterocycles. The van der Waals surface area contributed by atoms with E-state index in [1.165, 1.54) is 4.90 Å². The van der Waals surface area contributed by atoms with E-state index in [0.717, 1.165) is 22.6 Å². The van der Waals surface area contributed by atoms with Gasteiger partial charge in [0.05, 0.1) is 31.0 Å². The van der Waals surface area contributed by atoms with Crippen LogP contribution in [-0.2, 0) is 11.2 Å². The van der Waals surface area contributed by atoms with Crippen molar-refractivity contribution in [1.29, 1.82) is 0 Å². The van der Waals surface area contributed by atoms with Gasteiger partial charge >= 0.3 is 12.1 Å². The Hall–Kier alpha value is -3.40. The van der Waals surface area contributed by atoms with Crippen LogP contribution in [0, 0.1) is 0 Å². The molecule has 2 atom stereocenters. The number of anilines is 2. The first-order valence-corrected chi connectivity index (χ1v) is 11.8. The Bertz CT molecular complexity index is 1040. The molecule has 34 heavy (non-hydrogen) atoms. The zero-order valence-corrected chi connectivity index (χ0v) is 19.9. The van der Waals surface area contributed by atoms with Gasteiger partial charge in [0.15, 0.2) is 5.82 Å². The predicted molar refractivity (Wildman–Crippen MR) is 129 cm³/mol. The van der Waals surface area contributed by atoms with Crippen LogP contribution in [0.1, 0.15) is 44.5 Å². The number of aromatic nitrogens is 2. The first-order valence-electron chi connectivity index (χ1n) is 11.8. The van der Waals surface area contributed by atoms with Gasteiger partial charge in [0.2, 0.25) is 0 Å². The Labute approximate surface area is 199 Å². The molecule has 0 bridgehead atoms. The number of morpholine rings is 1. The van der Waals surface area contributed by atoms with Crippen LogP contribution >= 0.6 is 0 Å². The zero-order valence-electron chi connectivity index (χ0n) is 19.9. The molecule has 2 aliphatic heterocycles. The molecular formula is C24H32N6O4. The first kappa shape index (κ1) is 23.7. The number of hydrogen-bond acceptors (Lipinski definition) is 6. The van der Waals surface area contributed by atoms with Gasteiger partial charge in [-0.2, -0.15) is 0 Å². The number of rotatable bonds is 5. The summed E-state index contributed by atoms with van der Waals surface area (Å²) in [6.07, 6.45) is 0.266. The number of ether oxygens (including phenoxy) is 1. The molecule has 0 radical (unpaired) electrons. The Morgan fingerprint density at radius 3 is 2.59 bits per heavy atom. The first-order chi connectivity index (χ1) is 16.4. The monoisotopic (exact) mass is 468 g/mol. The molecule has 0 saturated carbocycles. The van der Waals surface area contributed by atoms with Crippen molar-refractivity contribution in [1.82, 2.24) is 20.2 Å². The fourth-order valence-electron chi connectivity index (χ4n) is 4.65. The summed E-state index contributed by atoms with van der Waals surface area (Å²) in [4.78, 5) is 37.3. The van der Waals surface area contributed by atoms with Crippen molar-refractivity contribution in [3.63, 3.8) is 0 Å². The van der Waals surface area contributed by atoms with Gasteiger partial charge in [0, 0.05) is 42.9 Å². The van der Waals surface area contributed by atoms with E-state index in [-0.39, 0.29) is 18.1 Å². The summed E-state index contributed by atoms with van der Waals surface area (Å²) in [6.45, 7) is 8.78. The lowest BCUT2D eigenvalue weighted by molar-refractivity contribution is 0.0973.